The third kappa shape index (κ3) is 4.25. The van der Waals surface area contributed by atoms with Crippen molar-refractivity contribution in [1.29, 1.82) is 0 Å². The van der Waals surface area contributed by atoms with Crippen molar-refractivity contribution in [3.8, 4) is 11.5 Å². The Hall–Kier alpha value is -4.20. The summed E-state index contributed by atoms with van der Waals surface area (Å²) in [7, 11) is 0. The third-order valence-corrected chi connectivity index (χ3v) is 9.45. The Bertz CT molecular complexity index is 1520. The van der Waals surface area contributed by atoms with Crippen molar-refractivity contribution >= 4 is 23.4 Å². The molecular weight excluding hydrogens is 540 g/mol. The highest BCUT2D eigenvalue weighted by atomic mass is 16.5. The fraction of sp³-hybridized carbons (Fsp3) is 0.429. The molecule has 3 aromatic carbocycles. The average Bonchev–Trinajstić information content (AvgIpc) is 3.25. The molecule has 2 saturated heterocycles. The molecule has 43 heavy (non-hydrogen) atoms. The van der Waals surface area contributed by atoms with Crippen molar-refractivity contribution in [1.82, 2.24) is 10.0 Å². The summed E-state index contributed by atoms with van der Waals surface area (Å²) in [6.45, 7) is 9.43. The lowest BCUT2D eigenvalue weighted by Crippen LogP contribution is -2.63. The summed E-state index contributed by atoms with van der Waals surface area (Å²) in [5.41, 5.74) is 2.81. The molecule has 0 saturated carbocycles. The minimum Gasteiger partial charge on any atom is -0.464 e. The standard InChI is InChI=1S/C35H40N4O4/c1-34(2,3)39(33(41)42)38-32(40)26-12-6-7-13-27(26)35(38)28-16-14-24(36-18-8-4-9-19-36)22-30(28)43-31-23-25(15-17-29(31)35)37-20-10-5-11-21-37/h6-7,12-17,22-23H,4-5,8-11,18-21H2,1-3H3,(H,41,42). The number of hydrazine groups is 1. The minimum absolute atomic E-state index is 0.341. The number of ether oxygens (including phenoxy) is 1. The lowest BCUT2D eigenvalue weighted by molar-refractivity contribution is -0.0783. The molecule has 8 heteroatoms. The van der Waals surface area contributed by atoms with Crippen molar-refractivity contribution in [3.63, 3.8) is 0 Å². The number of nitrogens with zero attached hydrogens (tertiary/aromatic N) is 4. The molecule has 1 spiro atoms. The van der Waals surface area contributed by atoms with E-state index in [0.717, 1.165) is 79.9 Å². The highest BCUT2D eigenvalue weighted by Gasteiger charge is 2.60. The van der Waals surface area contributed by atoms with E-state index in [1.807, 2.05) is 51.1 Å². The normalized spacial score (nSPS) is 19.0. The van der Waals surface area contributed by atoms with Gasteiger partial charge in [-0.2, -0.15) is 0 Å². The summed E-state index contributed by atoms with van der Waals surface area (Å²) in [6, 6.07) is 20.0. The molecule has 2 fully saturated rings. The molecule has 3 aromatic rings. The van der Waals surface area contributed by atoms with Crippen LogP contribution in [-0.2, 0) is 5.54 Å². The number of carbonyl (C=O) groups is 2. The number of hydrogen-bond donors (Lipinski definition) is 1. The SMILES string of the molecule is CC(C)(C)N(C(=O)O)N1C(=O)c2ccccc2C12c1ccc(N3CCCCC3)cc1Oc1cc(N3CCCCC3)ccc12. The Morgan fingerprint density at radius 2 is 1.28 bits per heavy atom. The first-order valence-corrected chi connectivity index (χ1v) is 15.7. The van der Waals surface area contributed by atoms with Gasteiger partial charge in [0.2, 0.25) is 0 Å². The zero-order valence-corrected chi connectivity index (χ0v) is 25.3. The average molecular weight is 581 g/mol. The molecule has 1 N–H and O–H groups in total. The molecule has 2 amide bonds. The van der Waals surface area contributed by atoms with Gasteiger partial charge in [0, 0.05) is 71.9 Å². The number of carboxylic acid groups (broad SMARTS) is 1. The maximum Gasteiger partial charge on any atom is 0.426 e. The predicted molar refractivity (Wildman–Crippen MR) is 167 cm³/mol. The zero-order valence-electron chi connectivity index (χ0n) is 25.3. The van der Waals surface area contributed by atoms with E-state index in [9.17, 15) is 14.7 Å². The number of hydrogen-bond acceptors (Lipinski definition) is 5. The van der Waals surface area contributed by atoms with Gasteiger partial charge in [-0.1, -0.05) is 30.3 Å². The van der Waals surface area contributed by atoms with Gasteiger partial charge in [0.05, 0.1) is 5.54 Å². The van der Waals surface area contributed by atoms with E-state index in [1.165, 1.54) is 22.9 Å². The van der Waals surface area contributed by atoms with Gasteiger partial charge in [-0.15, -0.1) is 0 Å². The molecule has 0 unspecified atom stereocenters. The molecule has 8 nitrogen and oxygen atoms in total. The van der Waals surface area contributed by atoms with Crippen molar-refractivity contribution in [2.75, 3.05) is 36.0 Å². The minimum atomic E-state index is -1.23. The smallest absolute Gasteiger partial charge is 0.426 e. The molecular formula is C35H40N4O4. The quantitative estimate of drug-likeness (QED) is 0.353. The second-order valence-corrected chi connectivity index (χ2v) is 13.2. The number of rotatable bonds is 3. The largest absolute Gasteiger partial charge is 0.464 e. The van der Waals surface area contributed by atoms with E-state index in [1.54, 1.807) is 6.07 Å². The fourth-order valence-electron chi connectivity index (χ4n) is 7.55. The first-order chi connectivity index (χ1) is 20.7. The Kier molecular flexibility index (Phi) is 6.56. The Morgan fingerprint density at radius 1 is 0.767 bits per heavy atom. The van der Waals surface area contributed by atoms with Gasteiger partial charge in [-0.25, -0.2) is 14.8 Å². The summed E-state index contributed by atoms with van der Waals surface area (Å²) in [4.78, 5) is 32.3. The molecule has 7 rings (SSSR count). The Balaban J connectivity index is 1.51. The van der Waals surface area contributed by atoms with Crippen molar-refractivity contribution in [2.24, 2.45) is 0 Å². The summed E-state index contributed by atoms with van der Waals surface area (Å²) in [5.74, 6) is 0.965. The molecule has 4 aliphatic rings. The topological polar surface area (TPSA) is 76.6 Å². The van der Waals surface area contributed by atoms with E-state index in [2.05, 4.69) is 34.1 Å². The van der Waals surface area contributed by atoms with Crippen LogP contribution in [0.2, 0.25) is 0 Å². The van der Waals surface area contributed by atoms with E-state index in [4.69, 9.17) is 4.74 Å². The van der Waals surface area contributed by atoms with Crippen molar-refractivity contribution in [3.05, 3.63) is 82.9 Å². The summed E-state index contributed by atoms with van der Waals surface area (Å²) < 4.78 is 6.79. The van der Waals surface area contributed by atoms with Crippen molar-refractivity contribution in [2.45, 2.75) is 70.4 Å². The van der Waals surface area contributed by atoms with Gasteiger partial charge in [0.1, 0.15) is 17.0 Å². The predicted octanol–water partition coefficient (Wildman–Crippen LogP) is 7.21. The Labute approximate surface area is 253 Å². The maximum absolute atomic E-state index is 14.5. The first kappa shape index (κ1) is 27.6. The second kappa shape index (κ2) is 10.2. The summed E-state index contributed by atoms with van der Waals surface area (Å²) in [5, 5.41) is 13.4. The second-order valence-electron chi connectivity index (χ2n) is 13.2. The molecule has 224 valence electrons. The molecule has 4 aliphatic heterocycles. The summed E-state index contributed by atoms with van der Waals surface area (Å²) in [6.07, 6.45) is 5.89. The maximum atomic E-state index is 14.5. The fourth-order valence-corrected chi connectivity index (χ4v) is 7.55. The number of amides is 2. The van der Waals surface area contributed by atoms with Crippen LogP contribution in [0.4, 0.5) is 16.2 Å². The Morgan fingerprint density at radius 3 is 1.77 bits per heavy atom. The lowest BCUT2D eigenvalue weighted by atomic mass is 9.75. The van der Waals surface area contributed by atoms with Crippen LogP contribution in [0.5, 0.6) is 11.5 Å². The van der Waals surface area contributed by atoms with Crippen LogP contribution in [-0.4, -0.2) is 58.8 Å². The van der Waals surface area contributed by atoms with Crippen LogP contribution in [0.15, 0.2) is 60.7 Å². The van der Waals surface area contributed by atoms with Crippen LogP contribution in [0.3, 0.4) is 0 Å². The highest BCUT2D eigenvalue weighted by Crippen LogP contribution is 2.59. The van der Waals surface area contributed by atoms with Gasteiger partial charge >= 0.3 is 6.09 Å². The third-order valence-electron chi connectivity index (χ3n) is 9.45. The first-order valence-electron chi connectivity index (χ1n) is 15.7. The molecule has 0 atom stereocenters. The number of benzene rings is 3. The molecule has 0 radical (unpaired) electrons. The number of carbonyl (C=O) groups excluding carboxylic acids is 1. The van der Waals surface area contributed by atoms with Gasteiger partial charge in [0.15, 0.2) is 0 Å². The number of anilines is 2. The molecule has 0 aliphatic carbocycles. The van der Waals surface area contributed by atoms with Crippen LogP contribution in [0.25, 0.3) is 0 Å². The van der Waals surface area contributed by atoms with E-state index < -0.39 is 17.2 Å². The van der Waals surface area contributed by atoms with E-state index >= 15 is 0 Å². The van der Waals surface area contributed by atoms with Crippen LogP contribution >= 0.6 is 0 Å². The summed E-state index contributed by atoms with van der Waals surface area (Å²) >= 11 is 0. The van der Waals surface area contributed by atoms with Crippen LogP contribution < -0.4 is 14.5 Å². The highest BCUT2D eigenvalue weighted by molar-refractivity contribution is 6.03. The van der Waals surface area contributed by atoms with E-state index in [-0.39, 0.29) is 5.91 Å². The molecule has 0 bridgehead atoms. The van der Waals surface area contributed by atoms with Gasteiger partial charge in [-0.05, 0) is 77.5 Å². The lowest BCUT2D eigenvalue weighted by Gasteiger charge is -2.50. The van der Waals surface area contributed by atoms with Crippen molar-refractivity contribution < 1.29 is 19.4 Å². The molecule has 0 aromatic heterocycles. The van der Waals surface area contributed by atoms with Gasteiger partial charge in [0.25, 0.3) is 5.91 Å². The van der Waals surface area contributed by atoms with Crippen LogP contribution in [0.1, 0.15) is 86.3 Å². The zero-order chi connectivity index (χ0) is 29.9. The number of fused-ring (bicyclic) bond motifs is 6. The van der Waals surface area contributed by atoms with Gasteiger partial charge < -0.3 is 19.6 Å². The monoisotopic (exact) mass is 580 g/mol. The van der Waals surface area contributed by atoms with Crippen LogP contribution in [0, 0.1) is 0 Å². The van der Waals surface area contributed by atoms with Gasteiger partial charge in [-0.3, -0.25) is 4.79 Å². The van der Waals surface area contributed by atoms with E-state index in [0.29, 0.717) is 17.1 Å². The molecule has 4 heterocycles. The number of piperidine rings is 2.